The Morgan fingerprint density at radius 2 is 1.74 bits per heavy atom. The molecule has 1 unspecified atom stereocenters. The standard InChI is InChI=1S/C16H15FN2/c1-11-2-4-12(5-3-11)15-10-16(19-18-15)13-6-8-14(17)9-7-13/h2-9,16,19H,10H2,1H3. The average Bonchev–Trinajstić information content (AvgIpc) is 2.90. The van der Waals surface area contributed by atoms with Crippen molar-refractivity contribution >= 4 is 5.71 Å². The summed E-state index contributed by atoms with van der Waals surface area (Å²) in [6.07, 6.45) is 0.828. The van der Waals surface area contributed by atoms with Gasteiger partial charge in [0.2, 0.25) is 0 Å². The minimum absolute atomic E-state index is 0.136. The molecule has 3 heteroatoms. The van der Waals surface area contributed by atoms with Crippen LogP contribution in [0.1, 0.15) is 29.2 Å². The summed E-state index contributed by atoms with van der Waals surface area (Å²) in [7, 11) is 0. The molecule has 19 heavy (non-hydrogen) atoms. The molecule has 0 amide bonds. The van der Waals surface area contributed by atoms with Crippen molar-refractivity contribution in [3.8, 4) is 0 Å². The Labute approximate surface area is 112 Å². The number of hydrazone groups is 1. The van der Waals surface area contributed by atoms with Crippen LogP contribution in [-0.2, 0) is 0 Å². The highest BCUT2D eigenvalue weighted by Gasteiger charge is 2.20. The molecule has 0 aromatic heterocycles. The Balaban J connectivity index is 1.76. The number of hydrogen-bond donors (Lipinski definition) is 1. The largest absolute Gasteiger partial charge is 0.302 e. The van der Waals surface area contributed by atoms with Gasteiger partial charge >= 0.3 is 0 Å². The summed E-state index contributed by atoms with van der Waals surface area (Å²) < 4.78 is 12.9. The van der Waals surface area contributed by atoms with Crippen LogP contribution in [0.2, 0.25) is 0 Å². The van der Waals surface area contributed by atoms with Crippen LogP contribution in [0.4, 0.5) is 4.39 Å². The molecule has 0 aliphatic carbocycles. The van der Waals surface area contributed by atoms with E-state index in [9.17, 15) is 4.39 Å². The van der Waals surface area contributed by atoms with Crippen molar-refractivity contribution in [1.29, 1.82) is 0 Å². The Kier molecular flexibility index (Phi) is 3.03. The van der Waals surface area contributed by atoms with E-state index in [1.165, 1.54) is 17.7 Å². The summed E-state index contributed by atoms with van der Waals surface area (Å²) >= 11 is 0. The maximum atomic E-state index is 12.9. The second-order valence-electron chi connectivity index (χ2n) is 4.86. The zero-order valence-corrected chi connectivity index (χ0v) is 10.7. The number of halogens is 1. The van der Waals surface area contributed by atoms with Gasteiger partial charge in [0.05, 0.1) is 11.8 Å². The highest BCUT2D eigenvalue weighted by molar-refractivity contribution is 6.01. The van der Waals surface area contributed by atoms with Crippen molar-refractivity contribution in [2.24, 2.45) is 5.10 Å². The van der Waals surface area contributed by atoms with Crippen LogP contribution in [0.25, 0.3) is 0 Å². The maximum Gasteiger partial charge on any atom is 0.123 e. The summed E-state index contributed by atoms with van der Waals surface area (Å²) in [6.45, 7) is 2.07. The van der Waals surface area contributed by atoms with Crippen LogP contribution in [0.5, 0.6) is 0 Å². The van der Waals surface area contributed by atoms with E-state index in [1.807, 2.05) is 0 Å². The monoisotopic (exact) mass is 254 g/mol. The third kappa shape index (κ3) is 2.50. The predicted octanol–water partition coefficient (Wildman–Crippen LogP) is 3.57. The van der Waals surface area contributed by atoms with Crippen molar-refractivity contribution in [3.63, 3.8) is 0 Å². The summed E-state index contributed by atoms with van der Waals surface area (Å²) in [5.41, 5.74) is 7.62. The van der Waals surface area contributed by atoms with Gasteiger partial charge in [-0.3, -0.25) is 0 Å². The van der Waals surface area contributed by atoms with Crippen molar-refractivity contribution < 1.29 is 4.39 Å². The second kappa shape index (κ2) is 4.84. The van der Waals surface area contributed by atoms with E-state index in [0.717, 1.165) is 23.3 Å². The fourth-order valence-electron chi connectivity index (χ4n) is 2.26. The Morgan fingerprint density at radius 1 is 1.05 bits per heavy atom. The first-order valence-electron chi connectivity index (χ1n) is 6.37. The quantitative estimate of drug-likeness (QED) is 0.870. The number of aryl methyl sites for hydroxylation is 1. The van der Waals surface area contributed by atoms with E-state index in [2.05, 4.69) is 41.7 Å². The molecule has 2 aromatic carbocycles. The fourth-order valence-corrected chi connectivity index (χ4v) is 2.26. The van der Waals surface area contributed by atoms with E-state index >= 15 is 0 Å². The molecule has 0 bridgehead atoms. The average molecular weight is 254 g/mol. The molecule has 0 saturated heterocycles. The molecule has 0 spiro atoms. The number of rotatable bonds is 2. The highest BCUT2D eigenvalue weighted by Crippen LogP contribution is 2.24. The maximum absolute atomic E-state index is 12.9. The van der Waals surface area contributed by atoms with Gasteiger partial charge in [0.1, 0.15) is 5.82 Å². The topological polar surface area (TPSA) is 24.4 Å². The lowest BCUT2D eigenvalue weighted by Crippen LogP contribution is -2.09. The third-order valence-corrected chi connectivity index (χ3v) is 3.41. The van der Waals surface area contributed by atoms with Crippen molar-refractivity contribution in [2.45, 2.75) is 19.4 Å². The van der Waals surface area contributed by atoms with E-state index in [-0.39, 0.29) is 11.9 Å². The first-order valence-corrected chi connectivity index (χ1v) is 6.37. The zero-order valence-electron chi connectivity index (χ0n) is 10.7. The Morgan fingerprint density at radius 3 is 2.42 bits per heavy atom. The lowest BCUT2D eigenvalue weighted by molar-refractivity contribution is 0.607. The summed E-state index contributed by atoms with van der Waals surface area (Å²) in [5.74, 6) is -0.207. The smallest absolute Gasteiger partial charge is 0.123 e. The normalized spacial score (nSPS) is 18.0. The van der Waals surface area contributed by atoms with Crippen LogP contribution < -0.4 is 5.43 Å². The fraction of sp³-hybridized carbons (Fsp3) is 0.188. The molecule has 96 valence electrons. The number of benzene rings is 2. The van der Waals surface area contributed by atoms with Gasteiger partial charge in [-0.15, -0.1) is 0 Å². The van der Waals surface area contributed by atoms with Crippen LogP contribution in [0.3, 0.4) is 0 Å². The number of nitrogens with zero attached hydrogens (tertiary/aromatic N) is 1. The van der Waals surface area contributed by atoms with Gasteiger partial charge in [-0.2, -0.15) is 5.10 Å². The molecule has 2 nitrogen and oxygen atoms in total. The minimum Gasteiger partial charge on any atom is -0.302 e. The molecule has 1 atom stereocenters. The van der Waals surface area contributed by atoms with Crippen molar-refractivity contribution in [3.05, 3.63) is 71.0 Å². The van der Waals surface area contributed by atoms with Gasteiger partial charge in [0, 0.05) is 6.42 Å². The van der Waals surface area contributed by atoms with Gasteiger partial charge < -0.3 is 5.43 Å². The minimum atomic E-state index is -0.207. The Hall–Kier alpha value is -2.16. The molecule has 1 N–H and O–H groups in total. The van der Waals surface area contributed by atoms with Gasteiger partial charge in [-0.05, 0) is 30.2 Å². The van der Waals surface area contributed by atoms with Crippen LogP contribution in [-0.4, -0.2) is 5.71 Å². The van der Waals surface area contributed by atoms with E-state index < -0.39 is 0 Å². The molecular weight excluding hydrogens is 239 g/mol. The van der Waals surface area contributed by atoms with E-state index in [1.54, 1.807) is 12.1 Å². The van der Waals surface area contributed by atoms with E-state index in [0.29, 0.717) is 0 Å². The Bertz CT molecular complexity index is 600. The molecule has 1 aliphatic rings. The molecule has 0 fully saturated rings. The third-order valence-electron chi connectivity index (χ3n) is 3.41. The van der Waals surface area contributed by atoms with Crippen molar-refractivity contribution in [2.75, 3.05) is 0 Å². The number of nitrogens with one attached hydrogen (secondary N) is 1. The molecule has 0 saturated carbocycles. The molecule has 1 heterocycles. The first kappa shape index (κ1) is 11.9. The highest BCUT2D eigenvalue weighted by atomic mass is 19.1. The predicted molar refractivity (Wildman–Crippen MR) is 74.6 cm³/mol. The molecule has 0 radical (unpaired) electrons. The van der Waals surface area contributed by atoms with Crippen LogP contribution in [0.15, 0.2) is 53.6 Å². The lowest BCUT2D eigenvalue weighted by Gasteiger charge is -2.09. The SMILES string of the molecule is Cc1ccc(C2=NNC(c3ccc(F)cc3)C2)cc1. The van der Waals surface area contributed by atoms with Crippen LogP contribution >= 0.6 is 0 Å². The summed E-state index contributed by atoms with van der Waals surface area (Å²) in [4.78, 5) is 0. The van der Waals surface area contributed by atoms with E-state index in [4.69, 9.17) is 0 Å². The molecule has 3 rings (SSSR count). The molecular formula is C16H15FN2. The van der Waals surface area contributed by atoms with Crippen LogP contribution in [0, 0.1) is 12.7 Å². The van der Waals surface area contributed by atoms with Crippen molar-refractivity contribution in [1.82, 2.24) is 5.43 Å². The summed E-state index contributed by atoms with van der Waals surface area (Å²) in [6, 6.07) is 15.1. The number of hydrogen-bond acceptors (Lipinski definition) is 2. The van der Waals surface area contributed by atoms with Gasteiger partial charge in [0.15, 0.2) is 0 Å². The van der Waals surface area contributed by atoms with Gasteiger partial charge in [-0.1, -0.05) is 42.0 Å². The molecule has 2 aromatic rings. The van der Waals surface area contributed by atoms with Gasteiger partial charge in [0.25, 0.3) is 0 Å². The van der Waals surface area contributed by atoms with Gasteiger partial charge in [-0.25, -0.2) is 4.39 Å². The second-order valence-corrected chi connectivity index (χ2v) is 4.86. The zero-order chi connectivity index (χ0) is 13.2. The summed E-state index contributed by atoms with van der Waals surface area (Å²) in [5, 5.41) is 4.39. The molecule has 1 aliphatic heterocycles. The first-order chi connectivity index (χ1) is 9.22. The lowest BCUT2D eigenvalue weighted by atomic mass is 9.99.